The van der Waals surface area contributed by atoms with Crippen LogP contribution in [0.25, 0.3) is 0 Å². The zero-order chi connectivity index (χ0) is 14.1. The van der Waals surface area contributed by atoms with E-state index in [4.69, 9.17) is 5.11 Å². The predicted molar refractivity (Wildman–Crippen MR) is 47.6 cm³/mol. The van der Waals surface area contributed by atoms with Gasteiger partial charge >= 0.3 is 12.3 Å². The van der Waals surface area contributed by atoms with Gasteiger partial charge in [-0.15, -0.1) is 13.2 Å². The number of aromatic carboxylic acids is 1. The van der Waals surface area contributed by atoms with E-state index in [1.165, 1.54) is 0 Å². The van der Waals surface area contributed by atoms with Crippen LogP contribution in [0, 0.1) is 6.92 Å². The van der Waals surface area contributed by atoms with Crippen LogP contribution in [-0.4, -0.2) is 22.4 Å². The van der Waals surface area contributed by atoms with E-state index in [-0.39, 0.29) is 5.56 Å². The zero-order valence-electron chi connectivity index (χ0n) is 8.76. The highest BCUT2D eigenvalue weighted by molar-refractivity contribution is 5.88. The summed E-state index contributed by atoms with van der Waals surface area (Å²) in [5.41, 5.74) is -2.41. The van der Waals surface area contributed by atoms with Gasteiger partial charge in [-0.2, -0.15) is 0 Å². The molecule has 1 rings (SSSR count). The van der Waals surface area contributed by atoms with Crippen molar-refractivity contribution in [1.29, 1.82) is 0 Å². The molecule has 0 fully saturated rings. The normalized spacial score (nSPS) is 11.7. The summed E-state index contributed by atoms with van der Waals surface area (Å²) in [5.74, 6) is -3.02. The van der Waals surface area contributed by atoms with Crippen LogP contribution in [0.2, 0.25) is 0 Å². The lowest BCUT2D eigenvalue weighted by molar-refractivity contribution is -0.274. The number of hydrogen-bond donors (Lipinski definition) is 1. The van der Waals surface area contributed by atoms with Crippen LogP contribution in [0.5, 0.6) is 5.75 Å². The van der Waals surface area contributed by atoms with E-state index in [0.29, 0.717) is 6.07 Å². The monoisotopic (exact) mass is 271 g/mol. The van der Waals surface area contributed by atoms with E-state index in [1.54, 1.807) is 0 Å². The standard InChI is InChI=1S/C9H6F5NO3/c1-3-2-4(18-9(12,13)14)6(8(16)17)15-5(3)7(10)11/h2,7H,1H3,(H,16,17). The first-order valence-corrected chi connectivity index (χ1v) is 4.40. The SMILES string of the molecule is Cc1cc(OC(F)(F)F)c(C(=O)O)nc1C(F)F. The van der Waals surface area contributed by atoms with Crippen molar-refractivity contribution in [2.24, 2.45) is 0 Å². The molecule has 1 heterocycles. The number of pyridine rings is 1. The van der Waals surface area contributed by atoms with E-state index >= 15 is 0 Å². The Hall–Kier alpha value is -1.93. The van der Waals surface area contributed by atoms with Crippen molar-refractivity contribution in [1.82, 2.24) is 4.98 Å². The first kappa shape index (κ1) is 14.1. The Bertz CT molecular complexity index is 472. The molecule has 0 aliphatic rings. The van der Waals surface area contributed by atoms with Gasteiger partial charge in [0.1, 0.15) is 5.69 Å². The molecule has 0 saturated carbocycles. The van der Waals surface area contributed by atoms with Gasteiger partial charge in [-0.05, 0) is 18.6 Å². The number of aromatic nitrogens is 1. The third-order valence-electron chi connectivity index (χ3n) is 1.85. The van der Waals surface area contributed by atoms with Crippen molar-refractivity contribution in [3.05, 3.63) is 23.0 Å². The molecule has 0 unspecified atom stereocenters. The van der Waals surface area contributed by atoms with Crippen LogP contribution in [0.3, 0.4) is 0 Å². The van der Waals surface area contributed by atoms with Crippen molar-refractivity contribution in [3.8, 4) is 5.75 Å². The molecule has 0 spiro atoms. The van der Waals surface area contributed by atoms with Gasteiger partial charge in [-0.1, -0.05) is 0 Å². The van der Waals surface area contributed by atoms with Gasteiger partial charge in [0.2, 0.25) is 0 Å². The number of carbonyl (C=O) groups is 1. The van der Waals surface area contributed by atoms with Crippen LogP contribution in [-0.2, 0) is 0 Å². The van der Waals surface area contributed by atoms with E-state index < -0.39 is 35.9 Å². The highest BCUT2D eigenvalue weighted by Crippen LogP contribution is 2.30. The van der Waals surface area contributed by atoms with Gasteiger partial charge in [-0.25, -0.2) is 18.6 Å². The first-order chi connectivity index (χ1) is 8.11. The van der Waals surface area contributed by atoms with Gasteiger partial charge in [0.05, 0.1) is 0 Å². The fourth-order valence-corrected chi connectivity index (χ4v) is 1.18. The number of rotatable bonds is 3. The number of halogens is 5. The zero-order valence-corrected chi connectivity index (χ0v) is 8.76. The maximum atomic E-state index is 12.4. The maximum Gasteiger partial charge on any atom is 0.573 e. The Morgan fingerprint density at radius 1 is 1.44 bits per heavy atom. The molecule has 100 valence electrons. The second-order valence-corrected chi connectivity index (χ2v) is 3.19. The molecule has 0 bridgehead atoms. The van der Waals surface area contributed by atoms with Crippen LogP contribution >= 0.6 is 0 Å². The van der Waals surface area contributed by atoms with Crippen molar-refractivity contribution in [3.63, 3.8) is 0 Å². The number of carboxylic acids is 1. The smallest absolute Gasteiger partial charge is 0.476 e. The molecule has 1 aromatic heterocycles. The average molecular weight is 271 g/mol. The number of hydrogen-bond acceptors (Lipinski definition) is 3. The molecular formula is C9H6F5NO3. The number of carboxylic acid groups (broad SMARTS) is 1. The molecule has 0 radical (unpaired) electrons. The Balaban J connectivity index is 3.34. The third kappa shape index (κ3) is 3.28. The molecule has 0 saturated heterocycles. The summed E-state index contributed by atoms with van der Waals surface area (Å²) in [4.78, 5) is 13.6. The summed E-state index contributed by atoms with van der Waals surface area (Å²) in [6.07, 6.45) is -8.23. The third-order valence-corrected chi connectivity index (χ3v) is 1.85. The predicted octanol–water partition coefficient (Wildman–Crippen LogP) is 2.92. The van der Waals surface area contributed by atoms with Crippen LogP contribution < -0.4 is 4.74 Å². The molecule has 0 aromatic carbocycles. The summed E-state index contributed by atoms with van der Waals surface area (Å²) in [5, 5.41) is 8.60. The van der Waals surface area contributed by atoms with Crippen molar-refractivity contribution in [2.75, 3.05) is 0 Å². The van der Waals surface area contributed by atoms with Crippen molar-refractivity contribution >= 4 is 5.97 Å². The molecule has 9 heteroatoms. The van der Waals surface area contributed by atoms with Crippen LogP contribution in [0.15, 0.2) is 6.07 Å². The van der Waals surface area contributed by atoms with Crippen molar-refractivity contribution in [2.45, 2.75) is 19.7 Å². The Kier molecular flexibility index (Phi) is 3.73. The number of aryl methyl sites for hydroxylation is 1. The molecule has 0 atom stereocenters. The van der Waals surface area contributed by atoms with Gasteiger partial charge < -0.3 is 9.84 Å². The minimum absolute atomic E-state index is 0.297. The molecular weight excluding hydrogens is 265 g/mol. The number of nitrogens with zero attached hydrogens (tertiary/aromatic N) is 1. The van der Waals surface area contributed by atoms with Gasteiger partial charge in [-0.3, -0.25) is 0 Å². The fraction of sp³-hybridized carbons (Fsp3) is 0.333. The molecule has 1 aromatic rings. The maximum absolute atomic E-state index is 12.4. The van der Waals surface area contributed by atoms with Gasteiger partial charge in [0.25, 0.3) is 6.43 Å². The second-order valence-electron chi connectivity index (χ2n) is 3.19. The highest BCUT2D eigenvalue weighted by Gasteiger charge is 2.34. The first-order valence-electron chi connectivity index (χ1n) is 4.40. The van der Waals surface area contributed by atoms with E-state index in [2.05, 4.69) is 9.72 Å². The molecule has 1 N–H and O–H groups in total. The second kappa shape index (κ2) is 4.75. The largest absolute Gasteiger partial charge is 0.573 e. The molecule has 18 heavy (non-hydrogen) atoms. The molecule has 0 amide bonds. The van der Waals surface area contributed by atoms with E-state index in [9.17, 15) is 26.7 Å². The van der Waals surface area contributed by atoms with E-state index in [0.717, 1.165) is 6.92 Å². The quantitative estimate of drug-likeness (QED) is 0.859. The Morgan fingerprint density at radius 2 is 2.00 bits per heavy atom. The van der Waals surface area contributed by atoms with Crippen LogP contribution in [0.4, 0.5) is 22.0 Å². The van der Waals surface area contributed by atoms with Gasteiger partial charge in [0, 0.05) is 0 Å². The topological polar surface area (TPSA) is 59.4 Å². The highest BCUT2D eigenvalue weighted by atomic mass is 19.4. The lowest BCUT2D eigenvalue weighted by Gasteiger charge is -2.13. The lowest BCUT2D eigenvalue weighted by atomic mass is 10.2. The number of ether oxygens (including phenoxy) is 1. The minimum atomic E-state index is -5.13. The van der Waals surface area contributed by atoms with Gasteiger partial charge in [0.15, 0.2) is 11.4 Å². The summed E-state index contributed by atoms with van der Waals surface area (Å²) < 4.78 is 64.2. The minimum Gasteiger partial charge on any atom is -0.476 e. The van der Waals surface area contributed by atoms with Crippen LogP contribution in [0.1, 0.15) is 28.2 Å². The summed E-state index contributed by atoms with van der Waals surface area (Å²) in [6.45, 7) is 1.07. The van der Waals surface area contributed by atoms with Crippen molar-refractivity contribution < 1.29 is 36.6 Å². The van der Waals surface area contributed by atoms with E-state index in [1.807, 2.05) is 0 Å². The Morgan fingerprint density at radius 3 is 2.39 bits per heavy atom. The lowest BCUT2D eigenvalue weighted by Crippen LogP contribution is -2.20. The molecule has 0 aliphatic heterocycles. The Labute approximate surface area is 97.0 Å². The molecule has 0 aliphatic carbocycles. The molecule has 4 nitrogen and oxygen atoms in total. The fourth-order valence-electron chi connectivity index (χ4n) is 1.18. The summed E-state index contributed by atoms with van der Waals surface area (Å²) in [6, 6.07) is 0.561. The average Bonchev–Trinajstić information content (AvgIpc) is 2.13. The number of alkyl halides is 5. The summed E-state index contributed by atoms with van der Waals surface area (Å²) >= 11 is 0. The summed E-state index contributed by atoms with van der Waals surface area (Å²) in [7, 11) is 0.